The Bertz CT molecular complexity index is 1480. The molecular weight excluding hydrogens is 566 g/mol. The average molecular weight is 592 g/mol. The minimum Gasteiger partial charge on any atom is -0.383 e. The van der Waals surface area contributed by atoms with E-state index in [9.17, 15) is 22.4 Å². The Kier molecular flexibility index (Phi) is 8.73. The van der Waals surface area contributed by atoms with E-state index in [0.717, 1.165) is 6.34 Å². The molecule has 0 bridgehead atoms. The Balaban J connectivity index is 1.73. The number of aliphatic imine (C=N–C) groups is 2. The number of carbonyl (C=O) groups is 1. The van der Waals surface area contributed by atoms with Crippen LogP contribution in [0.4, 0.5) is 17.6 Å². The molecule has 0 saturated carbocycles. The van der Waals surface area contributed by atoms with Gasteiger partial charge < -0.3 is 11.5 Å². The third-order valence-electron chi connectivity index (χ3n) is 6.47. The van der Waals surface area contributed by atoms with E-state index in [0.29, 0.717) is 21.4 Å². The lowest BCUT2D eigenvalue weighted by atomic mass is 9.98. The summed E-state index contributed by atoms with van der Waals surface area (Å²) >= 11 is 6.30. The number of hydrogen-bond donors (Lipinski definition) is 3. The van der Waals surface area contributed by atoms with Crippen LogP contribution < -0.4 is 11.5 Å². The van der Waals surface area contributed by atoms with Gasteiger partial charge >= 0.3 is 6.55 Å². The molecule has 1 atom stereocenters. The van der Waals surface area contributed by atoms with Crippen molar-refractivity contribution in [3.8, 4) is 11.1 Å². The van der Waals surface area contributed by atoms with Gasteiger partial charge in [0.1, 0.15) is 12.2 Å². The van der Waals surface area contributed by atoms with Gasteiger partial charge in [0.05, 0.1) is 30.4 Å². The number of carbonyl (C=O) groups excluding carboxylic acids is 1. The highest BCUT2D eigenvalue weighted by Crippen LogP contribution is 2.33. The summed E-state index contributed by atoms with van der Waals surface area (Å²) in [7, 11) is 1.39. The molecule has 15 heteroatoms. The minimum atomic E-state index is -2.86. The number of benzene rings is 2. The van der Waals surface area contributed by atoms with Crippen molar-refractivity contribution in [2.24, 2.45) is 21.5 Å². The first-order chi connectivity index (χ1) is 19.4. The van der Waals surface area contributed by atoms with Gasteiger partial charge in [0.15, 0.2) is 5.96 Å². The van der Waals surface area contributed by atoms with E-state index in [4.69, 9.17) is 28.5 Å². The summed E-state index contributed by atoms with van der Waals surface area (Å²) < 4.78 is 53.8. The lowest BCUT2D eigenvalue weighted by Crippen LogP contribution is -2.59. The Morgan fingerprint density at radius 3 is 2.44 bits per heavy atom. The monoisotopic (exact) mass is 591 g/mol. The number of nitrogens with one attached hydrogen (secondary N) is 1. The number of amidine groups is 1. The van der Waals surface area contributed by atoms with Crippen LogP contribution in [0.5, 0.6) is 0 Å². The smallest absolute Gasteiger partial charge is 0.333 e. The maximum atomic E-state index is 13.9. The van der Waals surface area contributed by atoms with Crippen LogP contribution in [0.15, 0.2) is 64.8 Å². The molecule has 1 amide bonds. The summed E-state index contributed by atoms with van der Waals surface area (Å²) in [5.41, 5.74) is 14.1. The maximum Gasteiger partial charge on any atom is 0.333 e. The van der Waals surface area contributed by atoms with E-state index < -0.39 is 37.5 Å². The van der Waals surface area contributed by atoms with Crippen LogP contribution in [0.2, 0.25) is 5.02 Å². The molecule has 0 radical (unpaired) electrons. The van der Waals surface area contributed by atoms with Crippen LogP contribution in [-0.4, -0.2) is 76.2 Å². The molecule has 1 saturated heterocycles. The third kappa shape index (κ3) is 6.55. The molecule has 1 fully saturated rings. The molecule has 5 N–H and O–H groups in total. The summed E-state index contributed by atoms with van der Waals surface area (Å²) in [6, 6.07) is 9.89. The van der Waals surface area contributed by atoms with Gasteiger partial charge in [0, 0.05) is 36.5 Å². The lowest BCUT2D eigenvalue weighted by molar-refractivity contribution is -0.134. The van der Waals surface area contributed by atoms with Gasteiger partial charge in [-0.25, -0.2) is 18.5 Å². The van der Waals surface area contributed by atoms with Crippen LogP contribution in [0.3, 0.4) is 0 Å². The number of nitrogens with zero attached hydrogens (tertiary/aromatic N) is 6. The van der Waals surface area contributed by atoms with Crippen LogP contribution in [0.1, 0.15) is 34.1 Å². The van der Waals surface area contributed by atoms with Crippen molar-refractivity contribution in [1.29, 1.82) is 5.41 Å². The van der Waals surface area contributed by atoms with Crippen molar-refractivity contribution < 1.29 is 22.4 Å². The van der Waals surface area contributed by atoms with Gasteiger partial charge in [-0.1, -0.05) is 29.8 Å². The van der Waals surface area contributed by atoms with E-state index in [2.05, 4.69) is 15.1 Å². The number of hydrogen-bond acceptors (Lipinski definition) is 5. The molecule has 1 unspecified atom stereocenters. The van der Waals surface area contributed by atoms with Crippen LogP contribution >= 0.6 is 11.6 Å². The van der Waals surface area contributed by atoms with E-state index in [1.54, 1.807) is 24.3 Å². The van der Waals surface area contributed by atoms with Crippen LogP contribution in [-0.2, 0) is 0 Å². The zero-order valence-corrected chi connectivity index (χ0v) is 22.4. The van der Waals surface area contributed by atoms with Crippen molar-refractivity contribution in [2.45, 2.75) is 18.5 Å². The van der Waals surface area contributed by atoms with Gasteiger partial charge in [-0.05, 0) is 35.4 Å². The van der Waals surface area contributed by atoms with Crippen molar-refractivity contribution in [3.63, 3.8) is 0 Å². The van der Waals surface area contributed by atoms with Gasteiger partial charge in [-0.3, -0.25) is 25.0 Å². The quantitative estimate of drug-likeness (QED) is 0.196. The number of rotatable bonds is 9. The molecule has 4 rings (SSSR count). The standard InChI is InChI=1S/C26H26ClF4N9O/c1-35-25(34)40(23(41)16-4-2-15(3-5-16)18-9-37-39(10-18)24(28)29)21(11-38-12-26(30,31)13-38)17-6-7-20(27)19(8-17)22(33)36-14-32/h2-10,14,21,24H,11-13H2,1H3,(H2,34,35)(H3,32,33,36). The van der Waals surface area contributed by atoms with E-state index in [1.165, 1.54) is 47.4 Å². The van der Waals surface area contributed by atoms with Crippen molar-refractivity contribution >= 4 is 35.6 Å². The lowest BCUT2D eigenvalue weighted by Gasteiger charge is -2.43. The Morgan fingerprint density at radius 2 is 1.88 bits per heavy atom. The van der Waals surface area contributed by atoms with E-state index in [1.807, 2.05) is 0 Å². The Hall–Kier alpha value is -4.30. The highest BCUT2D eigenvalue weighted by molar-refractivity contribution is 6.34. The van der Waals surface area contributed by atoms with E-state index in [-0.39, 0.29) is 34.5 Å². The maximum absolute atomic E-state index is 13.9. The summed E-state index contributed by atoms with van der Waals surface area (Å²) in [6.07, 6.45) is 3.21. The third-order valence-corrected chi connectivity index (χ3v) is 6.80. The second-order valence-electron chi connectivity index (χ2n) is 9.25. The molecule has 3 aromatic rings. The first-order valence-corrected chi connectivity index (χ1v) is 12.5. The average Bonchev–Trinajstić information content (AvgIpc) is 3.43. The van der Waals surface area contributed by atoms with Gasteiger partial charge in [0.2, 0.25) is 0 Å². The summed E-state index contributed by atoms with van der Waals surface area (Å²) in [5, 5.41) is 11.1. The number of nitrogens with two attached hydrogens (primary N) is 2. The molecule has 1 aromatic heterocycles. The fourth-order valence-electron chi connectivity index (χ4n) is 4.45. The zero-order chi connectivity index (χ0) is 29.9. The molecular formula is C26H26ClF4N9O. The molecule has 2 aromatic carbocycles. The second-order valence-corrected chi connectivity index (χ2v) is 9.65. The van der Waals surface area contributed by atoms with Crippen molar-refractivity contribution in [3.05, 3.63) is 76.6 Å². The van der Waals surface area contributed by atoms with Crippen LogP contribution in [0.25, 0.3) is 11.1 Å². The molecule has 1 aliphatic heterocycles. The summed E-state index contributed by atoms with van der Waals surface area (Å²) in [4.78, 5) is 24.3. The predicted molar refractivity (Wildman–Crippen MR) is 148 cm³/mol. The van der Waals surface area contributed by atoms with Crippen molar-refractivity contribution in [1.82, 2.24) is 19.6 Å². The topological polar surface area (TPSA) is 142 Å². The SMILES string of the molecule is CN=C(N)N(C(=O)c1ccc(-c2cnn(C(F)F)c2)cc1)C(CN1CC(F)(F)C1)c1ccc(Cl)c(C(N)=NC=N)c1. The summed E-state index contributed by atoms with van der Waals surface area (Å²) in [5.74, 6) is -3.67. The van der Waals surface area contributed by atoms with Gasteiger partial charge in [0.25, 0.3) is 11.8 Å². The Morgan fingerprint density at radius 1 is 1.20 bits per heavy atom. The fraction of sp³-hybridized carbons (Fsp3) is 0.269. The zero-order valence-electron chi connectivity index (χ0n) is 21.7. The van der Waals surface area contributed by atoms with Crippen LogP contribution in [0, 0.1) is 5.41 Å². The largest absolute Gasteiger partial charge is 0.383 e. The van der Waals surface area contributed by atoms with Gasteiger partial charge in [-0.2, -0.15) is 13.9 Å². The van der Waals surface area contributed by atoms with Gasteiger partial charge in [-0.15, -0.1) is 0 Å². The number of alkyl halides is 4. The minimum absolute atomic E-state index is 0.0227. The molecule has 1 aliphatic rings. The van der Waals surface area contributed by atoms with E-state index >= 15 is 0 Å². The first-order valence-electron chi connectivity index (χ1n) is 12.1. The second kappa shape index (κ2) is 12.1. The fourth-order valence-corrected chi connectivity index (χ4v) is 4.67. The van der Waals surface area contributed by atoms with Crippen molar-refractivity contribution in [2.75, 3.05) is 26.7 Å². The molecule has 216 valence electrons. The predicted octanol–water partition coefficient (Wildman–Crippen LogP) is 3.99. The summed E-state index contributed by atoms with van der Waals surface area (Å²) in [6.45, 7) is -3.83. The molecule has 41 heavy (non-hydrogen) atoms. The number of guanidine groups is 1. The number of amides is 1. The Labute approximate surface area is 237 Å². The number of aromatic nitrogens is 2. The molecule has 2 heterocycles. The number of likely N-dealkylation sites (tertiary alicyclic amines) is 1. The highest BCUT2D eigenvalue weighted by Gasteiger charge is 2.45. The number of halogens is 5. The highest BCUT2D eigenvalue weighted by atomic mass is 35.5. The molecule has 0 aliphatic carbocycles. The first kappa shape index (κ1) is 29.7. The normalized spacial score (nSPS) is 16.4. The molecule has 0 spiro atoms. The molecule has 10 nitrogen and oxygen atoms in total.